The monoisotopic (exact) mass is 1010 g/mol. The molecule has 0 fully saturated rings. The summed E-state index contributed by atoms with van der Waals surface area (Å²) in [6.07, 6.45) is -1.03. The molecular formula is C40H50Cl4F3N4O12P. The first-order valence-corrected chi connectivity index (χ1v) is 22.2. The number of amides is 2. The molecule has 4 N–H and O–H groups in total. The predicted octanol–water partition coefficient (Wildman–Crippen LogP) is 9.37. The minimum Gasteiger partial charge on any atom is -0.487 e. The van der Waals surface area contributed by atoms with Gasteiger partial charge in [0, 0.05) is 31.8 Å². The lowest BCUT2D eigenvalue weighted by molar-refractivity contribution is -0.385. The average Bonchev–Trinajstić information content (AvgIpc) is 3.21. The van der Waals surface area contributed by atoms with E-state index in [1.807, 2.05) is 32.0 Å². The van der Waals surface area contributed by atoms with E-state index in [2.05, 4.69) is 25.4 Å². The molecule has 356 valence electrons. The molecule has 0 radical (unpaired) electrons. The SMILES string of the molecule is C=CCN(CC=C)C(=O)C(Cl)Cl.CCOCN(C(=O)CCl)c1c(C)cccc1CC.CCOc1cc(Oc2ccc(C(F)(F)F)cc2Cl)ccc1[N+](=O)[O-].O=C(O)CNCP(=O)(O)O. The summed E-state index contributed by atoms with van der Waals surface area (Å²) in [7, 11) is -4.10. The Hall–Kier alpha value is -4.43. The number of carboxylic acid groups (broad SMARTS) is 1. The van der Waals surface area contributed by atoms with E-state index in [-0.39, 0.29) is 59.0 Å². The second kappa shape index (κ2) is 30.7. The number of carbonyl (C=O) groups is 3. The van der Waals surface area contributed by atoms with Crippen LogP contribution >= 0.6 is 54.0 Å². The molecule has 0 atom stereocenters. The summed E-state index contributed by atoms with van der Waals surface area (Å²) in [4.78, 5) is 61.7. The normalized spacial score (nSPS) is 10.7. The summed E-state index contributed by atoms with van der Waals surface area (Å²) in [5.41, 5.74) is 1.97. The van der Waals surface area contributed by atoms with Crippen LogP contribution in [-0.4, -0.2) is 99.1 Å². The summed E-state index contributed by atoms with van der Waals surface area (Å²) >= 11 is 22.3. The number of hydrogen-bond acceptors (Lipinski definition) is 10. The third-order valence-corrected chi connectivity index (χ3v) is 9.05. The van der Waals surface area contributed by atoms with E-state index in [4.69, 9.17) is 75.5 Å². The Morgan fingerprint density at radius 2 is 1.62 bits per heavy atom. The highest BCUT2D eigenvalue weighted by Gasteiger charge is 2.31. The topological polar surface area (TPSA) is 218 Å². The smallest absolute Gasteiger partial charge is 0.416 e. The molecule has 24 heteroatoms. The number of nitro groups is 1. The van der Waals surface area contributed by atoms with Crippen LogP contribution in [0.25, 0.3) is 0 Å². The van der Waals surface area contributed by atoms with Crippen molar-refractivity contribution in [1.29, 1.82) is 0 Å². The molecule has 0 aliphatic rings. The quantitative estimate of drug-likeness (QED) is 0.0207. The molecule has 0 saturated heterocycles. The van der Waals surface area contributed by atoms with Crippen LogP contribution in [0.3, 0.4) is 0 Å². The Bertz CT molecular complexity index is 2040. The van der Waals surface area contributed by atoms with Crippen molar-refractivity contribution < 1.29 is 66.1 Å². The molecule has 3 aromatic rings. The van der Waals surface area contributed by atoms with Crippen molar-refractivity contribution in [2.45, 2.75) is 45.1 Å². The van der Waals surface area contributed by atoms with Gasteiger partial charge in [-0.2, -0.15) is 13.2 Å². The number of nitro benzene ring substituents is 1. The van der Waals surface area contributed by atoms with Gasteiger partial charge in [0.1, 0.15) is 24.1 Å². The van der Waals surface area contributed by atoms with Crippen LogP contribution < -0.4 is 19.7 Å². The average molecular weight is 1010 g/mol. The van der Waals surface area contributed by atoms with Gasteiger partial charge in [0.15, 0.2) is 4.84 Å². The van der Waals surface area contributed by atoms with Gasteiger partial charge in [-0.1, -0.05) is 72.1 Å². The highest BCUT2D eigenvalue weighted by atomic mass is 35.5. The summed E-state index contributed by atoms with van der Waals surface area (Å²) in [5.74, 6) is -1.51. The van der Waals surface area contributed by atoms with Crippen LogP contribution in [0.1, 0.15) is 37.5 Å². The van der Waals surface area contributed by atoms with Crippen molar-refractivity contribution in [3.05, 3.63) is 112 Å². The maximum atomic E-state index is 12.6. The number of carboxylic acids is 1. The van der Waals surface area contributed by atoms with Crippen molar-refractivity contribution >= 4 is 83.2 Å². The molecule has 0 aliphatic carbocycles. The second-order valence-electron chi connectivity index (χ2n) is 12.3. The van der Waals surface area contributed by atoms with E-state index in [9.17, 15) is 42.2 Å². The Balaban J connectivity index is 0.000000879. The number of rotatable bonds is 20. The summed E-state index contributed by atoms with van der Waals surface area (Å²) in [6, 6.07) is 12.4. The number of para-hydroxylation sites is 1. The first-order valence-electron chi connectivity index (χ1n) is 18.7. The van der Waals surface area contributed by atoms with Crippen molar-refractivity contribution in [1.82, 2.24) is 10.2 Å². The number of aliphatic carboxylic acids is 1. The molecule has 0 heterocycles. The van der Waals surface area contributed by atoms with E-state index < -0.39 is 47.9 Å². The fourth-order valence-electron chi connectivity index (χ4n) is 4.79. The van der Waals surface area contributed by atoms with E-state index in [1.165, 1.54) is 23.1 Å². The fourth-order valence-corrected chi connectivity index (χ4v) is 5.83. The van der Waals surface area contributed by atoms with E-state index in [0.717, 1.165) is 41.4 Å². The Morgan fingerprint density at radius 1 is 1.00 bits per heavy atom. The minimum atomic E-state index is -4.52. The molecule has 3 rings (SSSR count). The Morgan fingerprint density at radius 3 is 2.08 bits per heavy atom. The molecule has 0 bridgehead atoms. The number of benzene rings is 3. The van der Waals surface area contributed by atoms with Gasteiger partial charge in [0.25, 0.3) is 5.91 Å². The highest BCUT2D eigenvalue weighted by Crippen LogP contribution is 2.38. The number of nitrogens with one attached hydrogen (secondary N) is 1. The zero-order valence-corrected chi connectivity index (χ0v) is 39.1. The van der Waals surface area contributed by atoms with Gasteiger partial charge in [0.05, 0.1) is 40.6 Å². The van der Waals surface area contributed by atoms with Gasteiger partial charge < -0.3 is 34.0 Å². The minimum absolute atomic E-state index is 0.0111. The molecule has 3 aromatic carbocycles. The second-order valence-corrected chi connectivity index (χ2v) is 15.8. The van der Waals surface area contributed by atoms with Crippen molar-refractivity contribution in [3.8, 4) is 17.2 Å². The van der Waals surface area contributed by atoms with E-state index in [1.54, 1.807) is 24.0 Å². The van der Waals surface area contributed by atoms with Crippen LogP contribution in [0.15, 0.2) is 79.9 Å². The van der Waals surface area contributed by atoms with E-state index >= 15 is 0 Å². The number of ether oxygens (including phenoxy) is 3. The van der Waals surface area contributed by atoms with Crippen molar-refractivity contribution in [2.75, 3.05) is 56.6 Å². The van der Waals surface area contributed by atoms with Gasteiger partial charge in [0.2, 0.25) is 11.7 Å². The lowest BCUT2D eigenvalue weighted by Crippen LogP contribution is -2.35. The molecule has 0 saturated carbocycles. The van der Waals surface area contributed by atoms with Crippen molar-refractivity contribution in [3.63, 3.8) is 0 Å². The van der Waals surface area contributed by atoms with Gasteiger partial charge in [-0.15, -0.1) is 24.8 Å². The first kappa shape index (κ1) is 59.6. The van der Waals surface area contributed by atoms with Gasteiger partial charge in [-0.05, 0) is 62.6 Å². The van der Waals surface area contributed by atoms with Gasteiger partial charge in [-0.3, -0.25) is 39.3 Å². The lowest BCUT2D eigenvalue weighted by atomic mass is 10.0. The molecule has 0 unspecified atom stereocenters. The predicted molar refractivity (Wildman–Crippen MR) is 241 cm³/mol. The number of carbonyl (C=O) groups excluding carboxylic acids is 2. The number of aryl methyl sites for hydroxylation is 2. The van der Waals surface area contributed by atoms with Gasteiger partial charge >= 0.3 is 25.4 Å². The molecule has 16 nitrogen and oxygen atoms in total. The third kappa shape index (κ3) is 23.0. The molecule has 0 aliphatic heterocycles. The maximum Gasteiger partial charge on any atom is 0.416 e. The molecular weight excluding hydrogens is 958 g/mol. The summed E-state index contributed by atoms with van der Waals surface area (Å²) in [5, 5.41) is 20.7. The Kier molecular flexibility index (Phi) is 28.5. The number of nitrogens with zero attached hydrogens (tertiary/aromatic N) is 3. The van der Waals surface area contributed by atoms with Crippen LogP contribution in [-0.2, 0) is 36.3 Å². The number of anilines is 1. The number of alkyl halides is 6. The van der Waals surface area contributed by atoms with Crippen LogP contribution in [0.5, 0.6) is 17.2 Å². The maximum absolute atomic E-state index is 12.6. The van der Waals surface area contributed by atoms with Crippen molar-refractivity contribution in [2.24, 2.45) is 0 Å². The zero-order valence-electron chi connectivity index (χ0n) is 35.2. The zero-order chi connectivity index (χ0) is 49.2. The third-order valence-electron chi connectivity index (χ3n) is 7.52. The number of halogens is 7. The molecule has 2 amide bonds. The molecule has 0 aromatic heterocycles. The molecule has 64 heavy (non-hydrogen) atoms. The fraction of sp³-hybridized carbons (Fsp3) is 0.375. The first-order chi connectivity index (χ1) is 29.9. The number of hydrogen-bond donors (Lipinski definition) is 4. The van der Waals surface area contributed by atoms with Gasteiger partial charge in [-0.25, -0.2) is 0 Å². The van der Waals surface area contributed by atoms with Crippen LogP contribution in [0.2, 0.25) is 5.02 Å². The van der Waals surface area contributed by atoms with Crippen LogP contribution in [0.4, 0.5) is 24.5 Å². The summed E-state index contributed by atoms with van der Waals surface area (Å²) in [6.45, 7) is 16.1. The summed E-state index contributed by atoms with van der Waals surface area (Å²) < 4.78 is 63.8. The van der Waals surface area contributed by atoms with E-state index in [0.29, 0.717) is 19.7 Å². The Labute approximate surface area is 388 Å². The standard InChI is InChI=1S/C15H11ClF3NO4.C14H20ClNO2.C8H11Cl2NO.C3H8NO5P/c1-2-23-14-8-10(4-5-12(14)20(21)22)24-13-6-3-9(7-11(13)16)15(17,18)19;1-4-12-8-6-7-11(3)14(12)16(10-18-5-2)13(17)9-15;1-3-5-11(6-4-2)8(12)7(9)10;5-3(6)1-4-2-10(7,8)9/h3-8H,2H2,1H3;6-8H,4-5,9-10H2,1-3H3;3-4,7H,1-2,5-6H2;4H,1-2H2,(H,5,6)(H2,7,8,9). The molecule has 0 spiro atoms. The largest absolute Gasteiger partial charge is 0.487 e. The highest BCUT2D eigenvalue weighted by molar-refractivity contribution is 7.51. The lowest BCUT2D eigenvalue weighted by Gasteiger charge is -2.25. The van der Waals surface area contributed by atoms with Crippen LogP contribution in [0, 0.1) is 17.0 Å².